The molecular formula is C14H22BrNO2S. The third-order valence-electron chi connectivity index (χ3n) is 3.05. The standard InChI is InChI=1S/C14H22BrNO2S/c1-3-12(2)11-19(17,18)16-9-5-7-13-6-4-8-14(15)10-13/h4,6,8,10,12,16H,3,5,7,9,11H2,1-2H3. The molecule has 0 radical (unpaired) electrons. The maximum Gasteiger partial charge on any atom is 0.211 e. The van der Waals surface area contributed by atoms with E-state index in [0.717, 1.165) is 23.7 Å². The summed E-state index contributed by atoms with van der Waals surface area (Å²) >= 11 is 3.43. The van der Waals surface area contributed by atoms with Gasteiger partial charge in [0.1, 0.15) is 0 Å². The molecule has 108 valence electrons. The van der Waals surface area contributed by atoms with Gasteiger partial charge >= 0.3 is 0 Å². The van der Waals surface area contributed by atoms with E-state index in [1.165, 1.54) is 5.56 Å². The van der Waals surface area contributed by atoms with Crippen molar-refractivity contribution in [1.82, 2.24) is 4.72 Å². The highest BCUT2D eigenvalue weighted by Crippen LogP contribution is 2.12. The number of hydrogen-bond donors (Lipinski definition) is 1. The van der Waals surface area contributed by atoms with Crippen molar-refractivity contribution in [3.8, 4) is 0 Å². The van der Waals surface area contributed by atoms with E-state index in [1.807, 2.05) is 26.0 Å². The second-order valence-electron chi connectivity index (χ2n) is 4.92. The molecule has 0 heterocycles. The normalized spacial score (nSPS) is 13.4. The minimum atomic E-state index is -3.11. The lowest BCUT2D eigenvalue weighted by molar-refractivity contribution is 0.550. The summed E-state index contributed by atoms with van der Waals surface area (Å²) < 4.78 is 27.2. The van der Waals surface area contributed by atoms with E-state index in [4.69, 9.17) is 0 Å². The van der Waals surface area contributed by atoms with Crippen LogP contribution < -0.4 is 4.72 Å². The molecule has 0 saturated carbocycles. The summed E-state index contributed by atoms with van der Waals surface area (Å²) in [6, 6.07) is 8.09. The lowest BCUT2D eigenvalue weighted by Crippen LogP contribution is -2.30. The maximum atomic E-state index is 11.7. The Balaban J connectivity index is 2.31. The summed E-state index contributed by atoms with van der Waals surface area (Å²) in [6.45, 7) is 4.47. The highest BCUT2D eigenvalue weighted by atomic mass is 79.9. The Morgan fingerprint density at radius 1 is 1.37 bits per heavy atom. The molecular weight excluding hydrogens is 326 g/mol. The average molecular weight is 348 g/mol. The summed E-state index contributed by atoms with van der Waals surface area (Å²) in [4.78, 5) is 0. The molecule has 0 aliphatic rings. The topological polar surface area (TPSA) is 46.2 Å². The van der Waals surface area contributed by atoms with Gasteiger partial charge in [-0.05, 0) is 36.5 Å². The minimum Gasteiger partial charge on any atom is -0.215 e. The molecule has 3 nitrogen and oxygen atoms in total. The van der Waals surface area contributed by atoms with Crippen LogP contribution in [0.4, 0.5) is 0 Å². The summed E-state index contributed by atoms with van der Waals surface area (Å²) in [5, 5.41) is 0. The number of halogens is 1. The third kappa shape index (κ3) is 7.09. The zero-order valence-corrected chi connectivity index (χ0v) is 13.9. The second-order valence-corrected chi connectivity index (χ2v) is 7.69. The van der Waals surface area contributed by atoms with Crippen LogP contribution in [0.3, 0.4) is 0 Å². The fourth-order valence-corrected chi connectivity index (χ4v) is 3.77. The number of benzene rings is 1. The molecule has 1 atom stereocenters. The van der Waals surface area contributed by atoms with Gasteiger partial charge in [-0.15, -0.1) is 0 Å². The SMILES string of the molecule is CCC(C)CS(=O)(=O)NCCCc1cccc(Br)c1. The summed E-state index contributed by atoms with van der Waals surface area (Å²) in [5.74, 6) is 0.433. The van der Waals surface area contributed by atoms with Gasteiger partial charge in [-0.1, -0.05) is 48.3 Å². The molecule has 1 unspecified atom stereocenters. The highest BCUT2D eigenvalue weighted by Gasteiger charge is 2.13. The van der Waals surface area contributed by atoms with Crippen molar-refractivity contribution in [2.24, 2.45) is 5.92 Å². The summed E-state index contributed by atoms with van der Waals surface area (Å²) in [5.41, 5.74) is 1.22. The van der Waals surface area contributed by atoms with Gasteiger partial charge in [0.2, 0.25) is 10.0 Å². The van der Waals surface area contributed by atoms with Gasteiger partial charge < -0.3 is 0 Å². The Labute approximate surface area is 125 Å². The monoisotopic (exact) mass is 347 g/mol. The van der Waals surface area contributed by atoms with Crippen LogP contribution in [0.2, 0.25) is 0 Å². The van der Waals surface area contributed by atoms with Gasteiger partial charge in [0.05, 0.1) is 5.75 Å². The third-order valence-corrected chi connectivity index (χ3v) is 5.20. The van der Waals surface area contributed by atoms with Gasteiger partial charge in [0.25, 0.3) is 0 Å². The quantitative estimate of drug-likeness (QED) is 0.733. The van der Waals surface area contributed by atoms with E-state index in [-0.39, 0.29) is 11.7 Å². The molecule has 1 N–H and O–H groups in total. The number of hydrogen-bond acceptors (Lipinski definition) is 2. The Morgan fingerprint density at radius 3 is 2.74 bits per heavy atom. The summed E-state index contributed by atoms with van der Waals surface area (Å²) in [7, 11) is -3.11. The Bertz CT molecular complexity index is 488. The maximum absolute atomic E-state index is 11.7. The van der Waals surface area contributed by atoms with Crippen molar-refractivity contribution < 1.29 is 8.42 Å². The second kappa shape index (κ2) is 8.02. The van der Waals surface area contributed by atoms with Crippen LogP contribution in [0, 0.1) is 5.92 Å². The molecule has 0 aliphatic carbocycles. The van der Waals surface area contributed by atoms with E-state index >= 15 is 0 Å². The van der Waals surface area contributed by atoms with E-state index in [9.17, 15) is 8.42 Å². The largest absolute Gasteiger partial charge is 0.215 e. The average Bonchev–Trinajstić information content (AvgIpc) is 2.34. The first kappa shape index (κ1) is 16.7. The molecule has 0 aromatic heterocycles. The Kier molecular flexibility index (Phi) is 7.04. The molecule has 0 aliphatic heterocycles. The van der Waals surface area contributed by atoms with Crippen LogP contribution in [0.5, 0.6) is 0 Å². The van der Waals surface area contributed by atoms with Crippen molar-refractivity contribution in [2.75, 3.05) is 12.3 Å². The van der Waals surface area contributed by atoms with E-state index in [0.29, 0.717) is 6.54 Å². The zero-order valence-electron chi connectivity index (χ0n) is 11.5. The molecule has 1 aromatic carbocycles. The van der Waals surface area contributed by atoms with E-state index in [2.05, 4.69) is 32.8 Å². The predicted molar refractivity (Wildman–Crippen MR) is 83.7 cm³/mol. The number of nitrogens with one attached hydrogen (secondary N) is 1. The molecule has 5 heteroatoms. The number of aryl methyl sites for hydroxylation is 1. The molecule has 19 heavy (non-hydrogen) atoms. The minimum absolute atomic E-state index is 0.211. The molecule has 1 rings (SSSR count). The lowest BCUT2D eigenvalue weighted by atomic mass is 10.1. The highest BCUT2D eigenvalue weighted by molar-refractivity contribution is 9.10. The molecule has 0 bridgehead atoms. The van der Waals surface area contributed by atoms with Crippen molar-refractivity contribution in [2.45, 2.75) is 33.1 Å². The van der Waals surface area contributed by atoms with Crippen molar-refractivity contribution in [3.63, 3.8) is 0 Å². The first-order valence-corrected chi connectivity index (χ1v) is 9.09. The zero-order chi connectivity index (χ0) is 14.3. The van der Waals surface area contributed by atoms with E-state index < -0.39 is 10.0 Å². The van der Waals surface area contributed by atoms with Crippen LogP contribution >= 0.6 is 15.9 Å². The van der Waals surface area contributed by atoms with E-state index in [1.54, 1.807) is 0 Å². The van der Waals surface area contributed by atoms with Crippen LogP contribution in [-0.2, 0) is 16.4 Å². The van der Waals surface area contributed by atoms with Gasteiger partial charge in [-0.2, -0.15) is 0 Å². The fraction of sp³-hybridized carbons (Fsp3) is 0.571. The molecule has 0 spiro atoms. The number of rotatable bonds is 8. The van der Waals surface area contributed by atoms with Gasteiger partial charge in [-0.25, -0.2) is 13.1 Å². The molecule has 1 aromatic rings. The van der Waals surface area contributed by atoms with Crippen LogP contribution in [0.15, 0.2) is 28.7 Å². The van der Waals surface area contributed by atoms with Crippen molar-refractivity contribution >= 4 is 26.0 Å². The Hall–Kier alpha value is -0.390. The van der Waals surface area contributed by atoms with Crippen molar-refractivity contribution in [3.05, 3.63) is 34.3 Å². The molecule has 0 fully saturated rings. The van der Waals surface area contributed by atoms with Crippen LogP contribution in [-0.4, -0.2) is 20.7 Å². The first-order valence-electron chi connectivity index (χ1n) is 6.64. The fourth-order valence-electron chi connectivity index (χ4n) is 1.76. The van der Waals surface area contributed by atoms with Gasteiger partial charge in [0, 0.05) is 11.0 Å². The van der Waals surface area contributed by atoms with Crippen LogP contribution in [0.25, 0.3) is 0 Å². The first-order chi connectivity index (χ1) is 8.93. The summed E-state index contributed by atoms with van der Waals surface area (Å²) in [6.07, 6.45) is 2.58. The van der Waals surface area contributed by atoms with Gasteiger partial charge in [-0.3, -0.25) is 0 Å². The Morgan fingerprint density at radius 2 is 2.11 bits per heavy atom. The molecule has 0 amide bonds. The smallest absolute Gasteiger partial charge is 0.211 e. The van der Waals surface area contributed by atoms with Gasteiger partial charge in [0.15, 0.2) is 0 Å². The predicted octanol–water partition coefficient (Wildman–Crippen LogP) is 3.35. The van der Waals surface area contributed by atoms with Crippen LogP contribution in [0.1, 0.15) is 32.3 Å². The number of sulfonamides is 1. The molecule has 0 saturated heterocycles. The van der Waals surface area contributed by atoms with Crippen molar-refractivity contribution in [1.29, 1.82) is 0 Å². The lowest BCUT2D eigenvalue weighted by Gasteiger charge is -2.10.